The van der Waals surface area contributed by atoms with E-state index >= 15 is 0 Å². The van der Waals surface area contributed by atoms with E-state index in [0.717, 1.165) is 5.56 Å². The molecule has 0 spiro atoms. The highest BCUT2D eigenvalue weighted by Gasteiger charge is 2.29. The number of benzene rings is 1. The normalized spacial score (nSPS) is 24.2. The van der Waals surface area contributed by atoms with Crippen molar-refractivity contribution in [2.24, 2.45) is 0 Å². The largest absolute Gasteiger partial charge is 0.378 e. The first-order valence-corrected chi connectivity index (χ1v) is 8.97. The molecule has 6 nitrogen and oxygen atoms in total. The molecule has 2 fully saturated rings. The smallest absolute Gasteiger partial charge is 0.223 e. The van der Waals surface area contributed by atoms with E-state index in [4.69, 9.17) is 9.47 Å². The van der Waals surface area contributed by atoms with E-state index in [0.29, 0.717) is 39.4 Å². The summed E-state index contributed by atoms with van der Waals surface area (Å²) in [5.41, 5.74) is 1.08. The maximum atomic E-state index is 12.6. The van der Waals surface area contributed by atoms with Crippen LogP contribution in [0.15, 0.2) is 30.3 Å². The van der Waals surface area contributed by atoms with Crippen molar-refractivity contribution in [2.75, 3.05) is 39.4 Å². The zero-order chi connectivity index (χ0) is 17.6. The predicted octanol–water partition coefficient (Wildman–Crippen LogP) is 1.61. The van der Waals surface area contributed by atoms with E-state index < -0.39 is 0 Å². The number of hydrogen-bond acceptors (Lipinski definition) is 4. The van der Waals surface area contributed by atoms with Gasteiger partial charge < -0.3 is 19.3 Å². The maximum Gasteiger partial charge on any atom is 0.223 e. The van der Waals surface area contributed by atoms with Crippen molar-refractivity contribution in [3.63, 3.8) is 0 Å². The third kappa shape index (κ3) is 4.80. The summed E-state index contributed by atoms with van der Waals surface area (Å²) in [6.07, 6.45) is 0.395. The van der Waals surface area contributed by atoms with Crippen LogP contribution < -0.4 is 0 Å². The lowest BCUT2D eigenvalue weighted by atomic mass is 10.1. The molecule has 1 aromatic rings. The molecule has 136 valence electrons. The Bertz CT molecular complexity index is 586. The first-order chi connectivity index (χ1) is 12.1. The summed E-state index contributed by atoms with van der Waals surface area (Å²) in [6, 6.07) is 9.97. The van der Waals surface area contributed by atoms with Gasteiger partial charge in [0, 0.05) is 32.5 Å². The number of morpholine rings is 2. The lowest BCUT2D eigenvalue weighted by Crippen LogP contribution is -2.46. The highest BCUT2D eigenvalue weighted by atomic mass is 16.5. The molecule has 0 aromatic heterocycles. The van der Waals surface area contributed by atoms with Gasteiger partial charge in [0.25, 0.3) is 0 Å². The van der Waals surface area contributed by atoms with E-state index in [1.807, 2.05) is 42.2 Å². The molecule has 0 aliphatic carbocycles. The van der Waals surface area contributed by atoms with Gasteiger partial charge >= 0.3 is 0 Å². The van der Waals surface area contributed by atoms with Gasteiger partial charge in [-0.25, -0.2) is 0 Å². The minimum atomic E-state index is -0.108. The van der Waals surface area contributed by atoms with Gasteiger partial charge in [-0.1, -0.05) is 30.3 Å². The Labute approximate surface area is 148 Å². The molecule has 2 aliphatic rings. The van der Waals surface area contributed by atoms with Crippen molar-refractivity contribution in [1.29, 1.82) is 0 Å². The van der Waals surface area contributed by atoms with Gasteiger partial charge in [-0.2, -0.15) is 0 Å². The van der Waals surface area contributed by atoms with E-state index in [-0.39, 0.29) is 36.9 Å². The summed E-state index contributed by atoms with van der Waals surface area (Å²) >= 11 is 0. The molecule has 0 bridgehead atoms. The number of ether oxygens (including phenoxy) is 2. The zero-order valence-electron chi connectivity index (χ0n) is 14.7. The van der Waals surface area contributed by atoms with Crippen LogP contribution in [0.2, 0.25) is 0 Å². The summed E-state index contributed by atoms with van der Waals surface area (Å²) in [6.45, 7) is 5.51. The average Bonchev–Trinajstić information content (AvgIpc) is 2.66. The summed E-state index contributed by atoms with van der Waals surface area (Å²) in [5, 5.41) is 0. The SMILES string of the molecule is C[C@@H]1CN(C(=O)CCC(=O)N2CCOCC2)C[C@H](c2ccccc2)O1. The minimum Gasteiger partial charge on any atom is -0.378 e. The lowest BCUT2D eigenvalue weighted by Gasteiger charge is -2.37. The molecule has 0 N–H and O–H groups in total. The van der Waals surface area contributed by atoms with E-state index in [9.17, 15) is 9.59 Å². The molecule has 3 rings (SSSR count). The van der Waals surface area contributed by atoms with Crippen molar-refractivity contribution in [3.05, 3.63) is 35.9 Å². The Morgan fingerprint density at radius 1 is 1.00 bits per heavy atom. The monoisotopic (exact) mass is 346 g/mol. The summed E-state index contributed by atoms with van der Waals surface area (Å²) < 4.78 is 11.2. The van der Waals surface area contributed by atoms with Gasteiger partial charge in [0.1, 0.15) is 6.10 Å². The lowest BCUT2D eigenvalue weighted by molar-refractivity contribution is -0.147. The van der Waals surface area contributed by atoms with Gasteiger partial charge in [0.15, 0.2) is 0 Å². The predicted molar refractivity (Wildman–Crippen MR) is 92.9 cm³/mol. The topological polar surface area (TPSA) is 59.1 Å². The molecular weight excluding hydrogens is 320 g/mol. The van der Waals surface area contributed by atoms with Crippen LogP contribution in [0.3, 0.4) is 0 Å². The van der Waals surface area contributed by atoms with Crippen LogP contribution in [0, 0.1) is 0 Å². The van der Waals surface area contributed by atoms with Gasteiger partial charge in [0.2, 0.25) is 11.8 Å². The van der Waals surface area contributed by atoms with Crippen LogP contribution in [0.25, 0.3) is 0 Å². The molecule has 2 amide bonds. The van der Waals surface area contributed by atoms with Crippen molar-refractivity contribution >= 4 is 11.8 Å². The number of rotatable bonds is 4. The second-order valence-electron chi connectivity index (χ2n) is 6.64. The van der Waals surface area contributed by atoms with E-state index in [1.54, 1.807) is 4.90 Å². The third-order valence-corrected chi connectivity index (χ3v) is 4.70. The van der Waals surface area contributed by atoms with Crippen LogP contribution in [0.1, 0.15) is 31.4 Å². The average molecular weight is 346 g/mol. The molecule has 0 radical (unpaired) electrons. The fourth-order valence-electron chi connectivity index (χ4n) is 3.35. The molecule has 25 heavy (non-hydrogen) atoms. The van der Waals surface area contributed by atoms with Crippen molar-refractivity contribution in [2.45, 2.75) is 32.0 Å². The number of hydrogen-bond donors (Lipinski definition) is 0. The van der Waals surface area contributed by atoms with Crippen LogP contribution in [-0.2, 0) is 19.1 Å². The van der Waals surface area contributed by atoms with Gasteiger partial charge in [-0.15, -0.1) is 0 Å². The third-order valence-electron chi connectivity index (χ3n) is 4.70. The van der Waals surface area contributed by atoms with E-state index in [1.165, 1.54) is 0 Å². The van der Waals surface area contributed by atoms with Crippen LogP contribution in [0.4, 0.5) is 0 Å². The van der Waals surface area contributed by atoms with Crippen LogP contribution >= 0.6 is 0 Å². The molecular formula is C19H26N2O4. The number of carbonyl (C=O) groups excluding carboxylic acids is 2. The Morgan fingerprint density at radius 2 is 1.64 bits per heavy atom. The fourth-order valence-corrected chi connectivity index (χ4v) is 3.35. The zero-order valence-corrected chi connectivity index (χ0v) is 14.7. The number of nitrogens with zero attached hydrogens (tertiary/aromatic N) is 2. The molecule has 0 saturated carbocycles. The Balaban J connectivity index is 1.53. The Kier molecular flexibility index (Phi) is 6.04. The molecule has 6 heteroatoms. The van der Waals surface area contributed by atoms with Crippen LogP contribution in [0.5, 0.6) is 0 Å². The second-order valence-corrected chi connectivity index (χ2v) is 6.64. The van der Waals surface area contributed by atoms with Crippen molar-refractivity contribution in [3.8, 4) is 0 Å². The first-order valence-electron chi connectivity index (χ1n) is 8.97. The molecule has 1 aromatic carbocycles. The molecule has 0 unspecified atom stereocenters. The summed E-state index contributed by atoms with van der Waals surface area (Å²) in [5.74, 6) is 0.0651. The molecule has 2 atom stereocenters. The molecule has 2 saturated heterocycles. The summed E-state index contributed by atoms with van der Waals surface area (Å²) in [7, 11) is 0. The highest BCUT2D eigenvalue weighted by molar-refractivity contribution is 5.84. The Hall–Kier alpha value is -1.92. The highest BCUT2D eigenvalue weighted by Crippen LogP contribution is 2.25. The first kappa shape index (κ1) is 17.9. The van der Waals surface area contributed by atoms with Gasteiger partial charge in [-0.05, 0) is 12.5 Å². The quantitative estimate of drug-likeness (QED) is 0.831. The molecule has 2 aliphatic heterocycles. The van der Waals surface area contributed by atoms with Gasteiger partial charge in [-0.3, -0.25) is 9.59 Å². The number of amides is 2. The van der Waals surface area contributed by atoms with Gasteiger partial charge in [0.05, 0.1) is 25.9 Å². The van der Waals surface area contributed by atoms with E-state index in [2.05, 4.69) is 0 Å². The Morgan fingerprint density at radius 3 is 2.32 bits per heavy atom. The van der Waals surface area contributed by atoms with Crippen LogP contribution in [-0.4, -0.2) is 67.1 Å². The summed E-state index contributed by atoms with van der Waals surface area (Å²) in [4.78, 5) is 28.4. The minimum absolute atomic E-state index is 0.0159. The molecule has 2 heterocycles. The van der Waals surface area contributed by atoms with Crippen molar-refractivity contribution in [1.82, 2.24) is 9.80 Å². The number of carbonyl (C=O) groups is 2. The second kappa shape index (κ2) is 8.45. The standard InChI is InChI=1S/C19H26N2O4/c1-15-13-21(14-17(25-15)16-5-3-2-4-6-16)19(23)8-7-18(22)20-9-11-24-12-10-20/h2-6,15,17H,7-14H2,1H3/t15-,17-/m1/s1. The fraction of sp³-hybridized carbons (Fsp3) is 0.579. The maximum absolute atomic E-state index is 12.6. The van der Waals surface area contributed by atoms with Crippen molar-refractivity contribution < 1.29 is 19.1 Å².